The highest BCUT2D eigenvalue weighted by Crippen LogP contribution is 2.13. The number of benzene rings is 1. The van der Waals surface area contributed by atoms with Gasteiger partial charge in [-0.25, -0.2) is 0 Å². The van der Waals surface area contributed by atoms with Crippen LogP contribution in [0, 0.1) is 5.92 Å². The van der Waals surface area contributed by atoms with Crippen LogP contribution in [0.15, 0.2) is 34.5 Å². The summed E-state index contributed by atoms with van der Waals surface area (Å²) in [6, 6.07) is 8.73. The van der Waals surface area contributed by atoms with E-state index in [0.717, 1.165) is 18.1 Å². The summed E-state index contributed by atoms with van der Waals surface area (Å²) in [5.74, 6) is 0.771. The Balaban J connectivity index is 1.99. The van der Waals surface area contributed by atoms with Crippen LogP contribution in [0.3, 0.4) is 0 Å². The van der Waals surface area contributed by atoms with Crippen molar-refractivity contribution in [2.24, 2.45) is 16.1 Å². The second-order valence-electron chi connectivity index (χ2n) is 4.68. The summed E-state index contributed by atoms with van der Waals surface area (Å²) in [6.45, 7) is 4.53. The summed E-state index contributed by atoms with van der Waals surface area (Å²) in [7, 11) is 0. The second kappa shape index (κ2) is 5.06. The van der Waals surface area contributed by atoms with E-state index in [1.807, 2.05) is 6.21 Å². The second-order valence-corrected chi connectivity index (χ2v) is 4.68. The molecule has 1 aliphatic rings. The van der Waals surface area contributed by atoms with Crippen molar-refractivity contribution in [3.05, 3.63) is 35.4 Å². The molecule has 0 amide bonds. The summed E-state index contributed by atoms with van der Waals surface area (Å²) < 4.78 is 0. The first-order valence-corrected chi connectivity index (χ1v) is 5.93. The smallest absolute Gasteiger partial charge is 0.0756 e. The van der Waals surface area contributed by atoms with Gasteiger partial charge in [-0.05, 0) is 29.9 Å². The Hall–Kier alpha value is -1.44. The van der Waals surface area contributed by atoms with E-state index in [1.54, 1.807) is 0 Å². The van der Waals surface area contributed by atoms with Gasteiger partial charge >= 0.3 is 0 Å². The van der Waals surface area contributed by atoms with Crippen LogP contribution >= 0.6 is 0 Å². The normalized spacial score (nSPS) is 14.6. The van der Waals surface area contributed by atoms with Gasteiger partial charge in [-0.3, -0.25) is 0 Å². The zero-order chi connectivity index (χ0) is 11.4. The predicted octanol–water partition coefficient (Wildman–Crippen LogP) is 3.45. The molecule has 0 spiro atoms. The maximum absolute atomic E-state index is 4.10. The van der Waals surface area contributed by atoms with E-state index in [0.29, 0.717) is 0 Å². The molecule has 1 aromatic rings. The fourth-order valence-corrected chi connectivity index (χ4v) is 1.77. The average Bonchev–Trinajstić information content (AvgIpc) is 2.80. The summed E-state index contributed by atoms with van der Waals surface area (Å²) >= 11 is 0. The number of hydrogen-bond acceptors (Lipinski definition) is 2. The third-order valence-corrected chi connectivity index (χ3v) is 2.84. The monoisotopic (exact) mass is 214 g/mol. The van der Waals surface area contributed by atoms with E-state index in [1.165, 1.54) is 24.0 Å². The van der Waals surface area contributed by atoms with Crippen molar-refractivity contribution < 1.29 is 0 Å². The summed E-state index contributed by atoms with van der Waals surface area (Å²) in [4.78, 5) is 0. The molecule has 0 fully saturated rings. The van der Waals surface area contributed by atoms with Crippen molar-refractivity contribution in [3.8, 4) is 0 Å². The highest BCUT2D eigenvalue weighted by molar-refractivity contribution is 6.09. The summed E-state index contributed by atoms with van der Waals surface area (Å²) in [5.41, 5.74) is 3.69. The Labute approximate surface area is 97.1 Å². The molecule has 0 aliphatic carbocycles. The van der Waals surface area contributed by atoms with Crippen molar-refractivity contribution in [2.45, 2.75) is 33.1 Å². The Morgan fingerprint density at radius 2 is 1.94 bits per heavy atom. The summed E-state index contributed by atoms with van der Waals surface area (Å²) in [6.07, 6.45) is 5.14. The molecule has 0 aromatic heterocycles. The van der Waals surface area contributed by atoms with Crippen LogP contribution in [0.5, 0.6) is 0 Å². The standard InChI is InChI=1S/C14H18N2/c1-11(2)3-4-12-5-7-13(8-6-12)14-9-10-15-16-14/h5-8,10-11H,3-4,9H2,1-2H3. The van der Waals surface area contributed by atoms with Crippen LogP contribution in [0.25, 0.3) is 0 Å². The molecule has 0 radical (unpaired) electrons. The lowest BCUT2D eigenvalue weighted by Crippen LogP contribution is -1.98. The molecule has 2 nitrogen and oxygen atoms in total. The van der Waals surface area contributed by atoms with E-state index in [-0.39, 0.29) is 0 Å². The molecule has 0 N–H and O–H groups in total. The molecule has 1 heterocycles. The number of aryl methyl sites for hydroxylation is 1. The maximum Gasteiger partial charge on any atom is 0.0756 e. The fraction of sp³-hybridized carbons (Fsp3) is 0.429. The van der Waals surface area contributed by atoms with Crippen LogP contribution < -0.4 is 0 Å². The molecule has 2 rings (SSSR count). The van der Waals surface area contributed by atoms with Crippen molar-refractivity contribution in [1.29, 1.82) is 0 Å². The van der Waals surface area contributed by atoms with Crippen LogP contribution in [-0.2, 0) is 6.42 Å². The first-order chi connectivity index (χ1) is 7.75. The third-order valence-electron chi connectivity index (χ3n) is 2.84. The lowest BCUT2D eigenvalue weighted by atomic mass is 10.0. The van der Waals surface area contributed by atoms with Gasteiger partial charge in [0.1, 0.15) is 0 Å². The zero-order valence-corrected chi connectivity index (χ0v) is 9.98. The van der Waals surface area contributed by atoms with Gasteiger partial charge in [-0.2, -0.15) is 10.2 Å². The lowest BCUT2D eigenvalue weighted by Gasteiger charge is -2.05. The molecule has 0 saturated carbocycles. The van der Waals surface area contributed by atoms with E-state index in [9.17, 15) is 0 Å². The van der Waals surface area contributed by atoms with Crippen LogP contribution in [0.1, 0.15) is 37.8 Å². The largest absolute Gasteiger partial charge is 0.163 e. The molecule has 84 valence electrons. The quantitative estimate of drug-likeness (QED) is 0.733. The molecular weight excluding hydrogens is 196 g/mol. The van der Waals surface area contributed by atoms with Crippen molar-refractivity contribution in [1.82, 2.24) is 0 Å². The Morgan fingerprint density at radius 1 is 1.19 bits per heavy atom. The van der Waals surface area contributed by atoms with E-state index in [4.69, 9.17) is 0 Å². The zero-order valence-electron chi connectivity index (χ0n) is 9.98. The minimum Gasteiger partial charge on any atom is -0.163 e. The van der Waals surface area contributed by atoms with Gasteiger partial charge in [0.05, 0.1) is 5.71 Å². The minimum absolute atomic E-state index is 0.771. The highest BCUT2D eigenvalue weighted by Gasteiger charge is 2.06. The summed E-state index contributed by atoms with van der Waals surface area (Å²) in [5, 5.41) is 7.98. The van der Waals surface area contributed by atoms with Gasteiger partial charge in [0.15, 0.2) is 0 Å². The van der Waals surface area contributed by atoms with E-state index < -0.39 is 0 Å². The lowest BCUT2D eigenvalue weighted by molar-refractivity contribution is 0.587. The van der Waals surface area contributed by atoms with E-state index in [2.05, 4.69) is 48.3 Å². The minimum atomic E-state index is 0.771. The molecule has 0 saturated heterocycles. The molecule has 2 heteroatoms. The van der Waals surface area contributed by atoms with Gasteiger partial charge < -0.3 is 0 Å². The number of nitrogens with zero attached hydrogens (tertiary/aromatic N) is 2. The molecule has 1 aliphatic heterocycles. The number of rotatable bonds is 4. The van der Waals surface area contributed by atoms with Crippen LogP contribution in [0.2, 0.25) is 0 Å². The maximum atomic E-state index is 4.10. The van der Waals surface area contributed by atoms with Crippen molar-refractivity contribution >= 4 is 11.9 Å². The Morgan fingerprint density at radius 3 is 2.50 bits per heavy atom. The van der Waals surface area contributed by atoms with Gasteiger partial charge in [0, 0.05) is 12.6 Å². The van der Waals surface area contributed by atoms with Gasteiger partial charge in [0.25, 0.3) is 0 Å². The average molecular weight is 214 g/mol. The topological polar surface area (TPSA) is 24.7 Å². The fourth-order valence-electron chi connectivity index (χ4n) is 1.77. The molecule has 0 atom stereocenters. The highest BCUT2D eigenvalue weighted by atomic mass is 15.2. The molecular formula is C14H18N2. The van der Waals surface area contributed by atoms with Gasteiger partial charge in [-0.1, -0.05) is 38.1 Å². The molecule has 0 unspecified atom stereocenters. The molecule has 0 bridgehead atoms. The van der Waals surface area contributed by atoms with Crippen molar-refractivity contribution in [2.75, 3.05) is 0 Å². The van der Waals surface area contributed by atoms with E-state index >= 15 is 0 Å². The Kier molecular flexibility index (Phi) is 3.50. The predicted molar refractivity (Wildman–Crippen MR) is 69.2 cm³/mol. The van der Waals surface area contributed by atoms with Gasteiger partial charge in [-0.15, -0.1) is 0 Å². The first-order valence-electron chi connectivity index (χ1n) is 5.93. The molecule has 1 aromatic carbocycles. The van der Waals surface area contributed by atoms with Crippen LogP contribution in [0.4, 0.5) is 0 Å². The van der Waals surface area contributed by atoms with Gasteiger partial charge in [0.2, 0.25) is 0 Å². The van der Waals surface area contributed by atoms with Crippen molar-refractivity contribution in [3.63, 3.8) is 0 Å². The Bertz CT molecular complexity index is 399. The molecule has 16 heavy (non-hydrogen) atoms. The number of hydrogen-bond donors (Lipinski definition) is 0. The van der Waals surface area contributed by atoms with Crippen LogP contribution in [-0.4, -0.2) is 11.9 Å². The third kappa shape index (κ3) is 2.78. The SMILES string of the molecule is CC(C)CCc1ccc(C2=NN=CC2)cc1. The first kappa shape index (κ1) is 11.1.